The Morgan fingerprint density at radius 2 is 2.13 bits per heavy atom. The summed E-state index contributed by atoms with van der Waals surface area (Å²) in [5.74, 6) is 0.503. The summed E-state index contributed by atoms with van der Waals surface area (Å²) in [7, 11) is 0. The number of thiophene rings is 1. The zero-order chi connectivity index (χ0) is 16.2. The van der Waals surface area contributed by atoms with Gasteiger partial charge in [-0.05, 0) is 43.7 Å². The third-order valence-electron chi connectivity index (χ3n) is 3.47. The average molecular weight is 325 g/mol. The second kappa shape index (κ2) is 6.79. The molecule has 3 aromatic rings. The van der Waals surface area contributed by atoms with Crippen LogP contribution in [0.1, 0.15) is 28.9 Å². The minimum atomic E-state index is -0.100. The summed E-state index contributed by atoms with van der Waals surface area (Å²) < 4.78 is 0. The number of H-pyrrole nitrogens is 1. The van der Waals surface area contributed by atoms with Crippen LogP contribution in [-0.2, 0) is 4.79 Å². The Bertz CT molecular complexity index is 827. The topological polar surface area (TPSA) is 57.8 Å². The first kappa shape index (κ1) is 15.5. The highest BCUT2D eigenvalue weighted by Crippen LogP contribution is 2.23. The first-order chi connectivity index (χ1) is 11.2. The Morgan fingerprint density at radius 1 is 1.30 bits per heavy atom. The van der Waals surface area contributed by atoms with Gasteiger partial charge in [0.1, 0.15) is 5.82 Å². The van der Waals surface area contributed by atoms with Gasteiger partial charge in [0.25, 0.3) is 5.91 Å². The van der Waals surface area contributed by atoms with Gasteiger partial charge >= 0.3 is 0 Å². The number of hydrogen-bond donors (Lipinski definition) is 2. The van der Waals surface area contributed by atoms with Gasteiger partial charge in [-0.1, -0.05) is 19.1 Å². The molecule has 5 heteroatoms. The molecule has 3 rings (SSSR count). The summed E-state index contributed by atoms with van der Waals surface area (Å²) in [4.78, 5) is 22.6. The van der Waals surface area contributed by atoms with Crippen LogP contribution >= 0.6 is 11.3 Å². The van der Waals surface area contributed by atoms with Crippen molar-refractivity contribution in [1.82, 2.24) is 15.3 Å². The number of imidazole rings is 1. The highest BCUT2D eigenvalue weighted by atomic mass is 32.1. The molecule has 118 valence electrons. The van der Waals surface area contributed by atoms with E-state index in [1.54, 1.807) is 11.3 Å². The zero-order valence-corrected chi connectivity index (χ0v) is 14.0. The highest BCUT2D eigenvalue weighted by Gasteiger charge is 2.16. The van der Waals surface area contributed by atoms with E-state index >= 15 is 0 Å². The molecule has 0 aliphatic carbocycles. The van der Waals surface area contributed by atoms with Gasteiger partial charge in [-0.2, -0.15) is 0 Å². The number of aromatic nitrogens is 2. The molecule has 0 atom stereocenters. The normalized spacial score (nSPS) is 11.8. The fraction of sp³-hybridized carbons (Fsp3) is 0.222. The zero-order valence-electron chi connectivity index (χ0n) is 13.2. The SMILES string of the molecule is CCCNC(=O)C(=Cc1ccc(C)s1)c1nc2ccccc2[nH]1. The lowest BCUT2D eigenvalue weighted by Crippen LogP contribution is -2.25. The number of fused-ring (bicyclic) bond motifs is 1. The van der Waals surface area contributed by atoms with E-state index in [0.29, 0.717) is 17.9 Å². The Hall–Kier alpha value is -2.40. The number of carbonyl (C=O) groups excluding carboxylic acids is 1. The van der Waals surface area contributed by atoms with Crippen LogP contribution in [0.2, 0.25) is 0 Å². The van der Waals surface area contributed by atoms with Crippen LogP contribution < -0.4 is 5.32 Å². The third kappa shape index (κ3) is 3.51. The van der Waals surface area contributed by atoms with Crippen molar-refractivity contribution in [1.29, 1.82) is 0 Å². The van der Waals surface area contributed by atoms with E-state index in [4.69, 9.17) is 0 Å². The number of amides is 1. The van der Waals surface area contributed by atoms with Crippen molar-refractivity contribution in [2.45, 2.75) is 20.3 Å². The number of benzene rings is 1. The Kier molecular flexibility index (Phi) is 4.57. The van der Waals surface area contributed by atoms with Crippen molar-refractivity contribution in [2.75, 3.05) is 6.54 Å². The van der Waals surface area contributed by atoms with Gasteiger partial charge < -0.3 is 10.3 Å². The maximum absolute atomic E-state index is 12.6. The summed E-state index contributed by atoms with van der Waals surface area (Å²) in [5, 5.41) is 2.94. The first-order valence-corrected chi connectivity index (χ1v) is 8.50. The molecule has 23 heavy (non-hydrogen) atoms. The maximum atomic E-state index is 12.6. The Morgan fingerprint density at radius 3 is 2.83 bits per heavy atom. The van der Waals surface area contributed by atoms with Crippen molar-refractivity contribution < 1.29 is 4.79 Å². The molecule has 1 aromatic carbocycles. The largest absolute Gasteiger partial charge is 0.352 e. The number of nitrogens with one attached hydrogen (secondary N) is 2. The lowest BCUT2D eigenvalue weighted by atomic mass is 10.2. The van der Waals surface area contributed by atoms with Gasteiger partial charge in [-0.3, -0.25) is 4.79 Å². The molecule has 0 bridgehead atoms. The van der Waals surface area contributed by atoms with Gasteiger partial charge in [0.05, 0.1) is 16.6 Å². The molecule has 2 aromatic heterocycles. The van der Waals surface area contributed by atoms with E-state index in [0.717, 1.165) is 22.3 Å². The molecule has 0 radical (unpaired) electrons. The fourth-order valence-corrected chi connectivity index (χ4v) is 3.15. The molecule has 2 N–H and O–H groups in total. The van der Waals surface area contributed by atoms with Crippen molar-refractivity contribution in [3.05, 3.63) is 52.0 Å². The van der Waals surface area contributed by atoms with Crippen molar-refractivity contribution >= 4 is 39.9 Å². The molecule has 1 amide bonds. The number of para-hydroxylation sites is 2. The van der Waals surface area contributed by atoms with E-state index in [1.165, 1.54) is 4.88 Å². The summed E-state index contributed by atoms with van der Waals surface area (Å²) in [5.41, 5.74) is 2.36. The maximum Gasteiger partial charge on any atom is 0.255 e. The number of carbonyl (C=O) groups is 1. The van der Waals surface area contributed by atoms with Gasteiger partial charge in [-0.25, -0.2) is 4.98 Å². The number of nitrogens with zero attached hydrogens (tertiary/aromatic N) is 1. The predicted octanol–water partition coefficient (Wildman–Crippen LogP) is 4.00. The molecule has 4 nitrogen and oxygen atoms in total. The first-order valence-electron chi connectivity index (χ1n) is 7.69. The molecule has 0 aliphatic rings. The summed E-state index contributed by atoms with van der Waals surface area (Å²) >= 11 is 1.66. The van der Waals surface area contributed by atoms with Crippen LogP contribution in [0.25, 0.3) is 22.7 Å². The van der Waals surface area contributed by atoms with Gasteiger partial charge in [0, 0.05) is 16.3 Å². The second-order valence-corrected chi connectivity index (χ2v) is 6.68. The van der Waals surface area contributed by atoms with Gasteiger partial charge in [0.2, 0.25) is 0 Å². The second-order valence-electron chi connectivity index (χ2n) is 5.36. The fourth-order valence-electron chi connectivity index (χ4n) is 2.33. The minimum absolute atomic E-state index is 0.100. The summed E-state index contributed by atoms with van der Waals surface area (Å²) in [6.07, 6.45) is 2.80. The van der Waals surface area contributed by atoms with Crippen LogP contribution in [0.5, 0.6) is 0 Å². The number of hydrogen-bond acceptors (Lipinski definition) is 3. The molecular formula is C18H19N3OS. The van der Waals surface area contributed by atoms with Crippen molar-refractivity contribution in [2.24, 2.45) is 0 Å². The minimum Gasteiger partial charge on any atom is -0.352 e. The van der Waals surface area contributed by atoms with E-state index in [1.807, 2.05) is 43.3 Å². The molecule has 0 fully saturated rings. The Balaban J connectivity index is 2.03. The molecule has 0 saturated carbocycles. The molecule has 0 saturated heterocycles. The third-order valence-corrected chi connectivity index (χ3v) is 4.42. The van der Waals surface area contributed by atoms with Crippen LogP contribution in [0.3, 0.4) is 0 Å². The van der Waals surface area contributed by atoms with Gasteiger partial charge in [0.15, 0.2) is 0 Å². The summed E-state index contributed by atoms with van der Waals surface area (Å²) in [6, 6.07) is 11.9. The monoisotopic (exact) mass is 325 g/mol. The Labute approximate surface area is 139 Å². The molecule has 2 heterocycles. The molecule has 0 spiro atoms. The highest BCUT2D eigenvalue weighted by molar-refractivity contribution is 7.12. The smallest absolute Gasteiger partial charge is 0.255 e. The molecule has 0 unspecified atom stereocenters. The predicted molar refractivity (Wildman–Crippen MR) is 96.3 cm³/mol. The van der Waals surface area contributed by atoms with Crippen molar-refractivity contribution in [3.8, 4) is 0 Å². The van der Waals surface area contributed by atoms with Crippen molar-refractivity contribution in [3.63, 3.8) is 0 Å². The number of aromatic amines is 1. The van der Waals surface area contributed by atoms with Crippen LogP contribution in [-0.4, -0.2) is 22.4 Å². The van der Waals surface area contributed by atoms with E-state index < -0.39 is 0 Å². The quantitative estimate of drug-likeness (QED) is 0.697. The number of rotatable bonds is 5. The van der Waals surface area contributed by atoms with Gasteiger partial charge in [-0.15, -0.1) is 11.3 Å². The number of aryl methyl sites for hydroxylation is 1. The van der Waals surface area contributed by atoms with E-state index in [-0.39, 0.29) is 5.91 Å². The van der Waals surface area contributed by atoms with E-state index in [2.05, 4.69) is 28.3 Å². The lowest BCUT2D eigenvalue weighted by Gasteiger charge is -2.05. The lowest BCUT2D eigenvalue weighted by molar-refractivity contribution is -0.115. The standard InChI is InChI=1S/C18H19N3OS/c1-3-10-19-18(22)14(11-13-9-8-12(2)23-13)17-20-15-6-4-5-7-16(15)21-17/h4-9,11H,3,10H2,1-2H3,(H,19,22)(H,20,21). The van der Waals surface area contributed by atoms with E-state index in [9.17, 15) is 4.79 Å². The van der Waals surface area contributed by atoms with Crippen LogP contribution in [0.15, 0.2) is 36.4 Å². The average Bonchev–Trinajstić information content (AvgIpc) is 3.15. The van der Waals surface area contributed by atoms with Crippen LogP contribution in [0.4, 0.5) is 0 Å². The molecular weight excluding hydrogens is 306 g/mol. The van der Waals surface area contributed by atoms with Crippen LogP contribution in [0, 0.1) is 6.92 Å². The molecule has 0 aliphatic heterocycles. The summed E-state index contributed by atoms with van der Waals surface area (Å²) in [6.45, 7) is 4.74.